The van der Waals surface area contributed by atoms with E-state index >= 15 is 0 Å². The molecule has 3 aromatic rings. The SMILES string of the molecule is C#Cc1cc(F)c(NC2=C3CCCCC3N=C2)nc1Cl.CN.Cc1nc(Cl)c(F)cc1C#N.Nc1cnn2c1CCCC2. The summed E-state index contributed by atoms with van der Waals surface area (Å²) in [4.78, 5) is 12.0. The molecule has 13 heteroatoms. The van der Waals surface area contributed by atoms with Gasteiger partial charge < -0.3 is 16.8 Å². The van der Waals surface area contributed by atoms with Crippen LogP contribution in [-0.4, -0.2) is 39.1 Å². The van der Waals surface area contributed by atoms with Crippen LogP contribution in [0.25, 0.3) is 0 Å². The number of halogens is 4. The van der Waals surface area contributed by atoms with Gasteiger partial charge in [0, 0.05) is 12.8 Å². The molecule has 43 heavy (non-hydrogen) atoms. The lowest BCUT2D eigenvalue weighted by atomic mass is 9.90. The smallest absolute Gasteiger partial charge is 0.168 e. The Hall–Kier alpha value is -4.03. The van der Waals surface area contributed by atoms with Crippen molar-refractivity contribution in [2.75, 3.05) is 18.1 Å². The van der Waals surface area contributed by atoms with Gasteiger partial charge in [-0.2, -0.15) is 10.4 Å². The zero-order chi connectivity index (χ0) is 31.5. The van der Waals surface area contributed by atoms with E-state index in [-0.39, 0.29) is 33.3 Å². The lowest BCUT2D eigenvalue weighted by molar-refractivity contribution is 0.487. The lowest BCUT2D eigenvalue weighted by Gasteiger charge is -2.19. The van der Waals surface area contributed by atoms with Crippen LogP contribution in [0.3, 0.4) is 0 Å². The first-order valence-corrected chi connectivity index (χ1v) is 14.4. The minimum atomic E-state index is -0.659. The fourth-order valence-corrected chi connectivity index (χ4v) is 5.10. The van der Waals surface area contributed by atoms with Gasteiger partial charge in [0.05, 0.1) is 46.1 Å². The molecule has 226 valence electrons. The number of hydrogen-bond acceptors (Lipinski definition) is 8. The van der Waals surface area contributed by atoms with Crippen molar-refractivity contribution in [3.63, 3.8) is 0 Å². The second-order valence-electron chi connectivity index (χ2n) is 9.64. The number of aliphatic imine (C=N–C) groups is 1. The van der Waals surface area contributed by atoms with Crippen LogP contribution in [0.4, 0.5) is 20.3 Å². The number of terminal acetylenes is 1. The van der Waals surface area contributed by atoms with Gasteiger partial charge in [-0.25, -0.2) is 18.7 Å². The number of hydrogen-bond donors (Lipinski definition) is 3. The first-order valence-electron chi connectivity index (χ1n) is 13.7. The van der Waals surface area contributed by atoms with Crippen LogP contribution in [-0.2, 0) is 13.0 Å². The third kappa shape index (κ3) is 8.51. The Morgan fingerprint density at radius 2 is 1.77 bits per heavy atom. The Morgan fingerprint density at radius 1 is 1.05 bits per heavy atom. The van der Waals surface area contributed by atoms with E-state index in [9.17, 15) is 8.78 Å². The molecule has 5 N–H and O–H groups in total. The van der Waals surface area contributed by atoms with Crippen molar-refractivity contribution in [3.8, 4) is 18.4 Å². The number of allylic oxidation sites excluding steroid dienone is 1. The van der Waals surface area contributed by atoms with Gasteiger partial charge in [0.1, 0.15) is 11.2 Å². The second kappa shape index (κ2) is 16.0. The van der Waals surface area contributed by atoms with Crippen molar-refractivity contribution in [3.05, 3.63) is 74.1 Å². The highest BCUT2D eigenvalue weighted by Gasteiger charge is 2.25. The van der Waals surface area contributed by atoms with E-state index in [0.29, 0.717) is 5.69 Å². The molecule has 2 aliphatic heterocycles. The maximum Gasteiger partial charge on any atom is 0.168 e. The van der Waals surface area contributed by atoms with E-state index in [1.807, 2.05) is 4.68 Å². The Bertz CT molecular complexity index is 1590. The Balaban J connectivity index is 0.000000187. The van der Waals surface area contributed by atoms with E-state index in [1.165, 1.54) is 43.6 Å². The monoisotopic (exact) mass is 627 g/mol. The van der Waals surface area contributed by atoms with Crippen LogP contribution in [0.15, 0.2) is 34.6 Å². The predicted molar refractivity (Wildman–Crippen MR) is 167 cm³/mol. The van der Waals surface area contributed by atoms with E-state index in [4.69, 9.17) is 40.6 Å². The molecule has 0 spiro atoms. The highest BCUT2D eigenvalue weighted by atomic mass is 35.5. The molecule has 3 aliphatic rings. The normalized spacial score (nSPS) is 16.1. The van der Waals surface area contributed by atoms with Gasteiger partial charge in [0.2, 0.25) is 0 Å². The summed E-state index contributed by atoms with van der Waals surface area (Å²) in [5.74, 6) is 1.22. The zero-order valence-electron chi connectivity index (χ0n) is 24.0. The number of nitrogens with two attached hydrogens (primary N) is 2. The van der Waals surface area contributed by atoms with E-state index in [1.54, 1.807) is 25.4 Å². The summed E-state index contributed by atoms with van der Waals surface area (Å²) in [5, 5.41) is 15.5. The summed E-state index contributed by atoms with van der Waals surface area (Å²) < 4.78 is 28.6. The minimum Gasteiger partial charge on any atom is -0.396 e. The molecule has 0 aromatic carbocycles. The molecule has 1 fully saturated rings. The van der Waals surface area contributed by atoms with Crippen LogP contribution < -0.4 is 16.8 Å². The van der Waals surface area contributed by atoms with Crippen molar-refractivity contribution >= 4 is 40.9 Å². The van der Waals surface area contributed by atoms with Crippen LogP contribution in [0.5, 0.6) is 0 Å². The maximum atomic E-state index is 13.9. The molecule has 1 saturated carbocycles. The molecule has 0 radical (unpaired) electrons. The van der Waals surface area contributed by atoms with Crippen molar-refractivity contribution in [2.45, 2.75) is 64.5 Å². The van der Waals surface area contributed by atoms with Crippen LogP contribution in [0, 0.1) is 42.2 Å². The summed E-state index contributed by atoms with van der Waals surface area (Å²) in [7, 11) is 1.50. The highest BCUT2D eigenvalue weighted by molar-refractivity contribution is 6.30. The molecule has 0 amide bonds. The summed E-state index contributed by atoms with van der Waals surface area (Å²) >= 11 is 11.3. The van der Waals surface area contributed by atoms with E-state index in [0.717, 1.165) is 49.7 Å². The number of nitriles is 1. The summed E-state index contributed by atoms with van der Waals surface area (Å²) in [6.45, 7) is 2.65. The first kappa shape index (κ1) is 33.5. The van der Waals surface area contributed by atoms with Crippen molar-refractivity contribution in [1.82, 2.24) is 19.7 Å². The van der Waals surface area contributed by atoms with Crippen LogP contribution in [0.2, 0.25) is 10.3 Å². The van der Waals surface area contributed by atoms with Gasteiger partial charge in [-0.1, -0.05) is 35.5 Å². The molecule has 0 saturated heterocycles. The van der Waals surface area contributed by atoms with Gasteiger partial charge in [-0.05, 0) is 70.2 Å². The number of pyridine rings is 2. The number of nitrogen functional groups attached to an aromatic ring is 1. The number of fused-ring (bicyclic) bond motifs is 2. The van der Waals surface area contributed by atoms with Crippen LogP contribution in [0.1, 0.15) is 61.0 Å². The zero-order valence-corrected chi connectivity index (χ0v) is 25.5. The molecular formula is C30H33Cl2F2N9. The number of aromatic nitrogens is 4. The highest BCUT2D eigenvalue weighted by Crippen LogP contribution is 2.32. The first-order chi connectivity index (χ1) is 20.7. The summed E-state index contributed by atoms with van der Waals surface area (Å²) in [6, 6.07) is 4.34. The molecule has 9 nitrogen and oxygen atoms in total. The molecule has 3 aromatic heterocycles. The van der Waals surface area contributed by atoms with Gasteiger partial charge in [-0.15, -0.1) is 6.42 Å². The predicted octanol–water partition coefficient (Wildman–Crippen LogP) is 5.98. The average Bonchev–Trinajstić information content (AvgIpc) is 3.61. The third-order valence-corrected chi connectivity index (χ3v) is 7.46. The number of rotatable bonds is 2. The van der Waals surface area contributed by atoms with Crippen molar-refractivity contribution < 1.29 is 8.78 Å². The maximum absolute atomic E-state index is 13.9. The van der Waals surface area contributed by atoms with E-state index < -0.39 is 11.6 Å². The molecule has 1 unspecified atom stereocenters. The lowest BCUT2D eigenvalue weighted by Crippen LogP contribution is -2.14. The fraction of sp³-hybridized carbons (Fsp3) is 0.367. The molecule has 1 atom stereocenters. The van der Waals surface area contributed by atoms with Crippen molar-refractivity contribution in [1.29, 1.82) is 5.26 Å². The number of nitrogens with zero attached hydrogens (tertiary/aromatic N) is 6. The molecule has 5 heterocycles. The summed E-state index contributed by atoms with van der Waals surface area (Å²) in [5.41, 5.74) is 15.2. The second-order valence-corrected chi connectivity index (χ2v) is 10.4. The quantitative estimate of drug-likeness (QED) is 0.234. The van der Waals surface area contributed by atoms with E-state index in [2.05, 4.69) is 37.0 Å². The van der Waals surface area contributed by atoms with Gasteiger partial charge in [-0.3, -0.25) is 9.67 Å². The molecule has 6 rings (SSSR count). The standard InChI is InChI=1S/C15H13ClFN3.C7H4ClFN2.C7H11N3.CH5N/c1-2-9-7-11(17)15(20-14(9)16)19-13-8-18-12-6-4-3-5-10(12)13;1-4-5(3-10)2-6(9)7(8)11-4;8-6-5-9-10-4-2-1-3-7(6)10;1-2/h1,7-8,12H,3-6H2,(H,19,20);2H,1H3;5H,1-4,8H2;2H2,1H3. The Morgan fingerprint density at radius 3 is 2.47 bits per heavy atom. The Kier molecular flexibility index (Phi) is 12.4. The molecule has 1 aliphatic carbocycles. The van der Waals surface area contributed by atoms with Gasteiger partial charge >= 0.3 is 0 Å². The fourth-order valence-electron chi connectivity index (χ4n) is 4.73. The number of aryl methyl sites for hydroxylation is 2. The minimum absolute atomic E-state index is 0.0918. The largest absolute Gasteiger partial charge is 0.396 e. The van der Waals surface area contributed by atoms with Gasteiger partial charge in [0.15, 0.2) is 22.6 Å². The van der Waals surface area contributed by atoms with Crippen LogP contribution >= 0.6 is 23.2 Å². The number of nitrogens with one attached hydrogen (secondary N) is 1. The third-order valence-electron chi connectivity index (χ3n) is 6.90. The molecule has 0 bridgehead atoms. The Labute approximate surface area is 260 Å². The number of anilines is 2. The summed E-state index contributed by atoms with van der Waals surface area (Å²) in [6.07, 6.45) is 16.7. The average molecular weight is 629 g/mol. The molecular weight excluding hydrogens is 595 g/mol. The van der Waals surface area contributed by atoms with Gasteiger partial charge in [0.25, 0.3) is 0 Å². The van der Waals surface area contributed by atoms with Crippen molar-refractivity contribution in [2.24, 2.45) is 10.7 Å². The topological polar surface area (TPSA) is 144 Å².